The fraction of sp³-hybridized carbons (Fsp3) is 0.462. The number of fused-ring (bicyclic) bond motifs is 1. The molecule has 2 heterocycles. The number of pyridine rings is 1. The molecule has 96 valence electrons. The predicted molar refractivity (Wildman–Crippen MR) is 68.5 cm³/mol. The number of methoxy groups -OCH3 is 1. The number of hydrogen-bond donors (Lipinski definition) is 0. The summed E-state index contributed by atoms with van der Waals surface area (Å²) in [4.78, 5) is 16.1. The van der Waals surface area contributed by atoms with Gasteiger partial charge in [0, 0.05) is 18.7 Å². The van der Waals surface area contributed by atoms with Crippen LogP contribution in [0, 0.1) is 0 Å². The molecule has 5 heteroatoms. The van der Waals surface area contributed by atoms with Gasteiger partial charge in [-0.1, -0.05) is 20.8 Å². The van der Waals surface area contributed by atoms with Gasteiger partial charge in [0.05, 0.1) is 23.8 Å². The lowest BCUT2D eigenvalue weighted by Gasteiger charge is -2.16. The van der Waals surface area contributed by atoms with E-state index in [0.717, 1.165) is 11.1 Å². The molecule has 5 nitrogen and oxygen atoms in total. The van der Waals surface area contributed by atoms with Crippen molar-refractivity contribution in [1.82, 2.24) is 14.8 Å². The second-order valence-electron chi connectivity index (χ2n) is 5.27. The lowest BCUT2D eigenvalue weighted by Crippen LogP contribution is -2.14. The van der Waals surface area contributed by atoms with Crippen molar-refractivity contribution in [1.29, 1.82) is 0 Å². The highest BCUT2D eigenvalue weighted by Crippen LogP contribution is 2.30. The van der Waals surface area contributed by atoms with E-state index in [0.29, 0.717) is 11.2 Å². The van der Waals surface area contributed by atoms with Crippen LogP contribution in [0.5, 0.6) is 0 Å². The monoisotopic (exact) mass is 247 g/mol. The number of carbonyl (C=O) groups excluding carboxylic acids is 1. The molecule has 2 aromatic heterocycles. The van der Waals surface area contributed by atoms with Crippen molar-refractivity contribution in [3.05, 3.63) is 23.5 Å². The highest BCUT2D eigenvalue weighted by atomic mass is 16.5. The lowest BCUT2D eigenvalue weighted by atomic mass is 9.89. The summed E-state index contributed by atoms with van der Waals surface area (Å²) in [5.74, 6) is -0.360. The standard InChI is InChI=1S/C13H17N3O2/c1-13(2,3)10-9-8(12(17)18-5)6-7-14-11(9)16(4)15-10/h6-7H,1-5H3. The van der Waals surface area contributed by atoms with Gasteiger partial charge >= 0.3 is 5.97 Å². The largest absolute Gasteiger partial charge is 0.465 e. The van der Waals surface area contributed by atoms with Gasteiger partial charge < -0.3 is 4.74 Å². The quantitative estimate of drug-likeness (QED) is 0.724. The maximum absolute atomic E-state index is 11.8. The molecule has 0 bridgehead atoms. The summed E-state index contributed by atoms with van der Waals surface area (Å²) in [6, 6.07) is 1.67. The number of aryl methyl sites for hydroxylation is 1. The Morgan fingerprint density at radius 2 is 2.06 bits per heavy atom. The first-order valence-electron chi connectivity index (χ1n) is 5.76. The van der Waals surface area contributed by atoms with E-state index in [1.807, 2.05) is 7.05 Å². The molecule has 0 atom stereocenters. The van der Waals surface area contributed by atoms with E-state index < -0.39 is 0 Å². The third-order valence-corrected chi connectivity index (χ3v) is 2.84. The van der Waals surface area contributed by atoms with E-state index >= 15 is 0 Å². The van der Waals surface area contributed by atoms with Crippen LogP contribution in [-0.4, -0.2) is 27.8 Å². The topological polar surface area (TPSA) is 57.0 Å². The van der Waals surface area contributed by atoms with Crippen LogP contribution in [-0.2, 0) is 17.2 Å². The highest BCUT2D eigenvalue weighted by molar-refractivity contribution is 6.03. The Hall–Kier alpha value is -1.91. The first kappa shape index (κ1) is 12.5. The molecule has 0 aliphatic carbocycles. The molecule has 2 rings (SSSR count). The van der Waals surface area contributed by atoms with Gasteiger partial charge in [0.15, 0.2) is 5.65 Å². The predicted octanol–water partition coefficient (Wildman–Crippen LogP) is 2.05. The molecule has 0 N–H and O–H groups in total. The maximum atomic E-state index is 11.8. The van der Waals surface area contributed by atoms with Crippen LogP contribution in [0.3, 0.4) is 0 Å². The van der Waals surface area contributed by atoms with Crippen LogP contribution in [0.2, 0.25) is 0 Å². The summed E-state index contributed by atoms with van der Waals surface area (Å²) in [6.45, 7) is 6.18. The van der Waals surface area contributed by atoms with Crippen molar-refractivity contribution in [2.75, 3.05) is 7.11 Å². The van der Waals surface area contributed by atoms with E-state index in [-0.39, 0.29) is 11.4 Å². The molecule has 0 radical (unpaired) electrons. The number of ether oxygens (including phenoxy) is 1. The van der Waals surface area contributed by atoms with E-state index in [1.54, 1.807) is 16.9 Å². The van der Waals surface area contributed by atoms with Crippen molar-refractivity contribution in [3.63, 3.8) is 0 Å². The van der Waals surface area contributed by atoms with Crippen molar-refractivity contribution in [2.24, 2.45) is 7.05 Å². The SMILES string of the molecule is COC(=O)c1ccnc2c1c(C(C)(C)C)nn2C. The van der Waals surface area contributed by atoms with Crippen LogP contribution < -0.4 is 0 Å². The van der Waals surface area contributed by atoms with Crippen molar-refractivity contribution < 1.29 is 9.53 Å². The molecule has 0 fully saturated rings. The average molecular weight is 247 g/mol. The van der Waals surface area contributed by atoms with E-state index in [4.69, 9.17) is 4.74 Å². The molecule has 0 saturated carbocycles. The van der Waals surface area contributed by atoms with Gasteiger partial charge in [-0.05, 0) is 6.07 Å². The number of hydrogen-bond acceptors (Lipinski definition) is 4. The molecular formula is C13H17N3O2. The molecule has 2 aromatic rings. The van der Waals surface area contributed by atoms with Crippen LogP contribution in [0.1, 0.15) is 36.8 Å². The molecule has 0 saturated heterocycles. The van der Waals surface area contributed by atoms with Gasteiger partial charge in [0.2, 0.25) is 0 Å². The van der Waals surface area contributed by atoms with Gasteiger partial charge in [-0.2, -0.15) is 5.10 Å². The molecule has 0 unspecified atom stereocenters. The first-order valence-corrected chi connectivity index (χ1v) is 5.76. The first-order chi connectivity index (χ1) is 8.36. The minimum absolute atomic E-state index is 0.161. The van der Waals surface area contributed by atoms with Crippen LogP contribution in [0.25, 0.3) is 11.0 Å². The second kappa shape index (κ2) is 4.08. The molecule has 0 aliphatic heterocycles. The molecule has 0 spiro atoms. The number of aromatic nitrogens is 3. The lowest BCUT2D eigenvalue weighted by molar-refractivity contribution is 0.0603. The van der Waals surface area contributed by atoms with Crippen LogP contribution in [0.15, 0.2) is 12.3 Å². The normalized spacial score (nSPS) is 11.8. The summed E-state index contributed by atoms with van der Waals surface area (Å²) >= 11 is 0. The Morgan fingerprint density at radius 1 is 1.39 bits per heavy atom. The number of rotatable bonds is 1. The average Bonchev–Trinajstić information content (AvgIpc) is 2.66. The van der Waals surface area contributed by atoms with E-state index in [9.17, 15) is 4.79 Å². The fourth-order valence-corrected chi connectivity index (χ4v) is 1.98. The van der Waals surface area contributed by atoms with Gasteiger partial charge in [0.1, 0.15) is 0 Å². The Morgan fingerprint density at radius 3 is 2.61 bits per heavy atom. The Balaban J connectivity index is 2.85. The summed E-state index contributed by atoms with van der Waals surface area (Å²) in [5, 5.41) is 5.26. The minimum Gasteiger partial charge on any atom is -0.465 e. The van der Waals surface area contributed by atoms with Crippen molar-refractivity contribution >= 4 is 17.0 Å². The van der Waals surface area contributed by atoms with Gasteiger partial charge in [-0.25, -0.2) is 9.78 Å². The third-order valence-electron chi connectivity index (χ3n) is 2.84. The van der Waals surface area contributed by atoms with Gasteiger partial charge in [0.25, 0.3) is 0 Å². The third kappa shape index (κ3) is 1.85. The molecule has 0 amide bonds. The Labute approximate surface area is 106 Å². The summed E-state index contributed by atoms with van der Waals surface area (Å²) in [5.41, 5.74) is 1.91. The molecule has 0 aliphatic rings. The van der Waals surface area contributed by atoms with Gasteiger partial charge in [-0.3, -0.25) is 4.68 Å². The van der Waals surface area contributed by atoms with Crippen LogP contribution >= 0.6 is 0 Å². The molecule has 18 heavy (non-hydrogen) atoms. The number of nitrogens with zero attached hydrogens (tertiary/aromatic N) is 3. The van der Waals surface area contributed by atoms with Crippen molar-refractivity contribution in [2.45, 2.75) is 26.2 Å². The fourth-order valence-electron chi connectivity index (χ4n) is 1.98. The summed E-state index contributed by atoms with van der Waals surface area (Å²) < 4.78 is 6.51. The minimum atomic E-state index is -0.360. The maximum Gasteiger partial charge on any atom is 0.338 e. The molecular weight excluding hydrogens is 230 g/mol. The Bertz CT molecular complexity index is 608. The van der Waals surface area contributed by atoms with Gasteiger partial charge in [-0.15, -0.1) is 0 Å². The second-order valence-corrected chi connectivity index (χ2v) is 5.27. The van der Waals surface area contributed by atoms with Crippen LogP contribution in [0.4, 0.5) is 0 Å². The Kier molecular flexibility index (Phi) is 2.84. The smallest absolute Gasteiger partial charge is 0.338 e. The van der Waals surface area contributed by atoms with E-state index in [1.165, 1.54) is 7.11 Å². The van der Waals surface area contributed by atoms with Crippen molar-refractivity contribution in [3.8, 4) is 0 Å². The number of esters is 1. The number of carbonyl (C=O) groups is 1. The zero-order valence-electron chi connectivity index (χ0n) is 11.3. The summed E-state index contributed by atoms with van der Waals surface area (Å²) in [7, 11) is 3.20. The zero-order valence-corrected chi connectivity index (χ0v) is 11.3. The summed E-state index contributed by atoms with van der Waals surface area (Å²) in [6.07, 6.45) is 1.60. The van der Waals surface area contributed by atoms with E-state index in [2.05, 4.69) is 30.9 Å². The molecule has 0 aromatic carbocycles. The highest BCUT2D eigenvalue weighted by Gasteiger charge is 2.26. The zero-order chi connectivity index (χ0) is 13.5.